The highest BCUT2D eigenvalue weighted by Gasteiger charge is 2.28. The molecule has 1 aromatic heterocycles. The largest absolute Gasteiger partial charge is 0.334 e. The van der Waals surface area contributed by atoms with Gasteiger partial charge in [-0.15, -0.1) is 0 Å². The van der Waals surface area contributed by atoms with Gasteiger partial charge in [0.15, 0.2) is 5.82 Å². The van der Waals surface area contributed by atoms with E-state index in [2.05, 4.69) is 29.1 Å². The number of nitrogens with zero attached hydrogens (tertiary/aromatic N) is 2. The molecule has 1 aromatic carbocycles. The van der Waals surface area contributed by atoms with Crippen molar-refractivity contribution in [1.82, 2.24) is 20.2 Å². The van der Waals surface area contributed by atoms with Crippen LogP contribution in [0.15, 0.2) is 24.3 Å². The molecule has 1 aliphatic heterocycles. The number of H-pyrrole nitrogens is 1. The van der Waals surface area contributed by atoms with Crippen LogP contribution in [0.2, 0.25) is 0 Å². The summed E-state index contributed by atoms with van der Waals surface area (Å²) in [5.41, 5.74) is 1.74. The summed E-state index contributed by atoms with van der Waals surface area (Å²) in [6, 6.07) is 8.22. The van der Waals surface area contributed by atoms with E-state index in [0.29, 0.717) is 11.9 Å². The number of carbonyl (C=O) groups is 1. The van der Waals surface area contributed by atoms with Crippen molar-refractivity contribution in [2.75, 3.05) is 13.1 Å². The Morgan fingerprint density at radius 2 is 2.16 bits per heavy atom. The number of para-hydroxylation sites is 2. The summed E-state index contributed by atoms with van der Waals surface area (Å²) in [5, 5.41) is 3.37. The summed E-state index contributed by atoms with van der Waals surface area (Å²) in [6.45, 7) is 5.69. The monoisotopic (exact) mass is 258 g/mol. The highest BCUT2D eigenvalue weighted by atomic mass is 16.2. The second-order valence-electron chi connectivity index (χ2n) is 5.22. The SMILES string of the molecule is CC1CN(C(=O)c2nc3ccccc3[nH]2)C(C)CN1. The minimum atomic E-state index is -0.0166. The number of carbonyl (C=O) groups excluding carboxylic acids is 1. The quantitative estimate of drug-likeness (QED) is 0.812. The molecule has 1 aliphatic rings. The van der Waals surface area contributed by atoms with Crippen LogP contribution in [-0.4, -0.2) is 45.9 Å². The summed E-state index contributed by atoms with van der Waals surface area (Å²) in [7, 11) is 0. The van der Waals surface area contributed by atoms with Gasteiger partial charge in [-0.2, -0.15) is 0 Å². The summed E-state index contributed by atoms with van der Waals surface area (Å²) in [4.78, 5) is 21.9. The molecular weight excluding hydrogens is 240 g/mol. The van der Waals surface area contributed by atoms with Crippen molar-refractivity contribution in [2.45, 2.75) is 25.9 Å². The zero-order chi connectivity index (χ0) is 13.4. The number of fused-ring (bicyclic) bond motifs is 1. The van der Waals surface area contributed by atoms with Crippen LogP contribution in [0.25, 0.3) is 11.0 Å². The van der Waals surface area contributed by atoms with E-state index in [1.54, 1.807) is 0 Å². The Bertz CT molecular complexity index is 573. The van der Waals surface area contributed by atoms with Crippen LogP contribution in [0.4, 0.5) is 0 Å². The van der Waals surface area contributed by atoms with E-state index in [9.17, 15) is 4.79 Å². The van der Waals surface area contributed by atoms with Gasteiger partial charge in [0.2, 0.25) is 0 Å². The number of hydrogen-bond donors (Lipinski definition) is 2. The lowest BCUT2D eigenvalue weighted by Crippen LogP contribution is -2.56. The molecule has 0 spiro atoms. The Balaban J connectivity index is 1.90. The van der Waals surface area contributed by atoms with Crippen molar-refractivity contribution in [1.29, 1.82) is 0 Å². The Morgan fingerprint density at radius 3 is 2.95 bits per heavy atom. The van der Waals surface area contributed by atoms with Gasteiger partial charge >= 0.3 is 0 Å². The van der Waals surface area contributed by atoms with Crippen molar-refractivity contribution < 1.29 is 4.79 Å². The van der Waals surface area contributed by atoms with Crippen LogP contribution in [0.1, 0.15) is 24.5 Å². The molecule has 2 atom stereocenters. The molecule has 2 aromatic rings. The molecule has 5 nitrogen and oxygen atoms in total. The average molecular weight is 258 g/mol. The maximum atomic E-state index is 12.5. The maximum absolute atomic E-state index is 12.5. The molecule has 2 heterocycles. The number of imidazole rings is 1. The number of aromatic amines is 1. The first-order chi connectivity index (χ1) is 9.15. The van der Waals surface area contributed by atoms with Crippen LogP contribution < -0.4 is 5.32 Å². The topological polar surface area (TPSA) is 61.0 Å². The molecule has 100 valence electrons. The number of hydrogen-bond acceptors (Lipinski definition) is 3. The minimum Gasteiger partial charge on any atom is -0.334 e. The van der Waals surface area contributed by atoms with Gasteiger partial charge in [-0.3, -0.25) is 4.79 Å². The van der Waals surface area contributed by atoms with Crippen molar-refractivity contribution in [3.05, 3.63) is 30.1 Å². The number of rotatable bonds is 1. The van der Waals surface area contributed by atoms with Crippen LogP contribution in [0.3, 0.4) is 0 Å². The molecule has 1 fully saturated rings. The van der Waals surface area contributed by atoms with Crippen LogP contribution >= 0.6 is 0 Å². The van der Waals surface area contributed by atoms with Gasteiger partial charge in [-0.25, -0.2) is 4.98 Å². The Kier molecular flexibility index (Phi) is 2.98. The fourth-order valence-electron chi connectivity index (χ4n) is 2.49. The van der Waals surface area contributed by atoms with E-state index in [1.165, 1.54) is 0 Å². The minimum absolute atomic E-state index is 0.0166. The van der Waals surface area contributed by atoms with E-state index >= 15 is 0 Å². The first-order valence-corrected chi connectivity index (χ1v) is 6.64. The molecule has 3 rings (SSSR count). The van der Waals surface area contributed by atoms with Crippen LogP contribution in [-0.2, 0) is 0 Å². The lowest BCUT2D eigenvalue weighted by molar-refractivity contribution is 0.0605. The Morgan fingerprint density at radius 1 is 1.37 bits per heavy atom. The van der Waals surface area contributed by atoms with E-state index < -0.39 is 0 Å². The summed E-state index contributed by atoms with van der Waals surface area (Å²) < 4.78 is 0. The fourth-order valence-corrected chi connectivity index (χ4v) is 2.49. The molecule has 0 aliphatic carbocycles. The van der Waals surface area contributed by atoms with Gasteiger partial charge in [0.25, 0.3) is 5.91 Å². The van der Waals surface area contributed by atoms with Gasteiger partial charge < -0.3 is 15.2 Å². The molecule has 0 radical (unpaired) electrons. The average Bonchev–Trinajstić information content (AvgIpc) is 2.84. The van der Waals surface area contributed by atoms with Gasteiger partial charge in [0.05, 0.1) is 11.0 Å². The Hall–Kier alpha value is -1.88. The van der Waals surface area contributed by atoms with E-state index in [1.807, 2.05) is 29.2 Å². The summed E-state index contributed by atoms with van der Waals surface area (Å²) >= 11 is 0. The number of piperazine rings is 1. The molecule has 1 saturated heterocycles. The van der Waals surface area contributed by atoms with Gasteiger partial charge in [-0.1, -0.05) is 12.1 Å². The lowest BCUT2D eigenvalue weighted by atomic mass is 10.1. The molecule has 0 saturated carbocycles. The zero-order valence-electron chi connectivity index (χ0n) is 11.2. The normalized spacial score (nSPS) is 23.8. The zero-order valence-corrected chi connectivity index (χ0v) is 11.2. The standard InChI is InChI=1S/C14H18N4O/c1-9-8-18(10(2)7-15-9)14(19)13-16-11-5-3-4-6-12(11)17-13/h3-6,9-10,15H,7-8H2,1-2H3,(H,16,17). The molecule has 0 bridgehead atoms. The van der Waals surface area contributed by atoms with E-state index in [0.717, 1.165) is 24.1 Å². The lowest BCUT2D eigenvalue weighted by Gasteiger charge is -2.37. The van der Waals surface area contributed by atoms with Crippen molar-refractivity contribution in [3.63, 3.8) is 0 Å². The summed E-state index contributed by atoms with van der Waals surface area (Å²) in [5.74, 6) is 0.416. The fraction of sp³-hybridized carbons (Fsp3) is 0.429. The molecule has 2 N–H and O–H groups in total. The third-order valence-corrected chi connectivity index (χ3v) is 3.62. The number of amides is 1. The second kappa shape index (κ2) is 4.66. The predicted molar refractivity (Wildman–Crippen MR) is 74.1 cm³/mol. The molecule has 2 unspecified atom stereocenters. The van der Waals surface area contributed by atoms with Crippen LogP contribution in [0.5, 0.6) is 0 Å². The molecular formula is C14H18N4O. The maximum Gasteiger partial charge on any atom is 0.290 e. The number of benzene rings is 1. The predicted octanol–water partition coefficient (Wildman–Crippen LogP) is 1.39. The van der Waals surface area contributed by atoms with Crippen molar-refractivity contribution in [2.24, 2.45) is 0 Å². The molecule has 1 amide bonds. The number of aromatic nitrogens is 2. The molecule has 19 heavy (non-hydrogen) atoms. The van der Waals surface area contributed by atoms with Crippen molar-refractivity contribution >= 4 is 16.9 Å². The first-order valence-electron chi connectivity index (χ1n) is 6.64. The number of nitrogens with one attached hydrogen (secondary N) is 2. The van der Waals surface area contributed by atoms with Gasteiger partial charge in [-0.05, 0) is 26.0 Å². The smallest absolute Gasteiger partial charge is 0.290 e. The second-order valence-corrected chi connectivity index (χ2v) is 5.22. The van der Waals surface area contributed by atoms with E-state index in [4.69, 9.17) is 0 Å². The van der Waals surface area contributed by atoms with Gasteiger partial charge in [0, 0.05) is 25.2 Å². The third-order valence-electron chi connectivity index (χ3n) is 3.62. The summed E-state index contributed by atoms with van der Waals surface area (Å²) in [6.07, 6.45) is 0. The first kappa shape index (κ1) is 12.2. The van der Waals surface area contributed by atoms with E-state index in [-0.39, 0.29) is 11.9 Å². The highest BCUT2D eigenvalue weighted by molar-refractivity contribution is 5.94. The van der Waals surface area contributed by atoms with Gasteiger partial charge in [0.1, 0.15) is 0 Å². The Labute approximate surface area is 112 Å². The molecule has 5 heteroatoms. The van der Waals surface area contributed by atoms with Crippen LogP contribution in [0, 0.1) is 0 Å². The highest BCUT2D eigenvalue weighted by Crippen LogP contribution is 2.14. The van der Waals surface area contributed by atoms with Crippen molar-refractivity contribution in [3.8, 4) is 0 Å². The third kappa shape index (κ3) is 2.21.